The highest BCUT2D eigenvalue weighted by molar-refractivity contribution is 6.30. The van der Waals surface area contributed by atoms with Crippen LogP contribution < -0.4 is 0 Å². The van der Waals surface area contributed by atoms with Gasteiger partial charge < -0.3 is 4.90 Å². The number of hydrogen-bond donors (Lipinski definition) is 0. The third-order valence-electron chi connectivity index (χ3n) is 6.16. The van der Waals surface area contributed by atoms with Crippen molar-refractivity contribution in [1.29, 1.82) is 0 Å². The molecule has 0 spiro atoms. The van der Waals surface area contributed by atoms with Gasteiger partial charge in [0, 0.05) is 50.2 Å². The minimum absolute atomic E-state index is 0.186. The van der Waals surface area contributed by atoms with Gasteiger partial charge in [-0.15, -0.1) is 0 Å². The Morgan fingerprint density at radius 3 is 2.10 bits per heavy atom. The minimum Gasteiger partial charge on any atom is -0.340 e. The van der Waals surface area contributed by atoms with E-state index in [9.17, 15) is 4.79 Å². The van der Waals surface area contributed by atoms with Crippen LogP contribution in [0.2, 0.25) is 5.02 Å². The number of hydrogen-bond acceptors (Lipinski definition) is 3. The van der Waals surface area contributed by atoms with E-state index in [2.05, 4.69) is 51.1 Å². The van der Waals surface area contributed by atoms with Gasteiger partial charge in [-0.3, -0.25) is 14.6 Å². The number of likely N-dealkylation sites (tertiary alicyclic amines) is 1. The molecule has 0 aromatic heterocycles. The number of piperidine rings is 1. The van der Waals surface area contributed by atoms with Gasteiger partial charge >= 0.3 is 0 Å². The van der Waals surface area contributed by atoms with E-state index < -0.39 is 0 Å². The number of amides is 1. The van der Waals surface area contributed by atoms with Crippen LogP contribution in [0.5, 0.6) is 0 Å². The van der Waals surface area contributed by atoms with Gasteiger partial charge in [-0.25, -0.2) is 0 Å². The van der Waals surface area contributed by atoms with Crippen molar-refractivity contribution in [1.82, 2.24) is 14.7 Å². The summed E-state index contributed by atoms with van der Waals surface area (Å²) in [5.41, 5.74) is 2.59. The van der Waals surface area contributed by atoms with E-state index in [-0.39, 0.29) is 5.92 Å². The topological polar surface area (TPSA) is 26.8 Å². The predicted octanol–water partition coefficient (Wildman–Crippen LogP) is 3.90. The second-order valence-corrected chi connectivity index (χ2v) is 8.70. The molecule has 2 fully saturated rings. The SMILES string of the molecule is O=C(C1CCN(Cc2cccc(Cl)c2)CC1)N1CCN(Cc2ccccc2)CC1. The summed E-state index contributed by atoms with van der Waals surface area (Å²) in [6, 6.07) is 18.7. The standard InChI is InChI=1S/C24H30ClN3O/c25-23-8-4-7-21(17-23)19-26-11-9-22(10-12-26)24(29)28-15-13-27(14-16-28)18-20-5-2-1-3-6-20/h1-8,17,22H,9-16,18-19H2. The molecule has 2 heterocycles. The molecular weight excluding hydrogens is 382 g/mol. The van der Waals surface area contributed by atoms with Crippen molar-refractivity contribution in [2.75, 3.05) is 39.3 Å². The summed E-state index contributed by atoms with van der Waals surface area (Å²) < 4.78 is 0. The fraction of sp³-hybridized carbons (Fsp3) is 0.458. The average Bonchev–Trinajstić information content (AvgIpc) is 2.75. The zero-order valence-corrected chi connectivity index (χ0v) is 17.7. The molecule has 2 aromatic carbocycles. The van der Waals surface area contributed by atoms with Crippen LogP contribution in [0.3, 0.4) is 0 Å². The Labute approximate surface area is 179 Å². The second kappa shape index (κ2) is 9.75. The molecule has 29 heavy (non-hydrogen) atoms. The molecule has 0 N–H and O–H groups in total. The molecule has 2 aliphatic rings. The van der Waals surface area contributed by atoms with Gasteiger partial charge in [0.25, 0.3) is 0 Å². The third kappa shape index (κ3) is 5.59. The molecule has 2 saturated heterocycles. The van der Waals surface area contributed by atoms with E-state index in [1.165, 1.54) is 11.1 Å². The number of halogens is 1. The monoisotopic (exact) mass is 411 g/mol. The summed E-state index contributed by atoms with van der Waals surface area (Å²) in [4.78, 5) is 20.0. The summed E-state index contributed by atoms with van der Waals surface area (Å²) >= 11 is 6.10. The number of nitrogens with zero attached hydrogens (tertiary/aromatic N) is 3. The summed E-state index contributed by atoms with van der Waals surface area (Å²) in [6.07, 6.45) is 1.92. The van der Waals surface area contributed by atoms with E-state index in [4.69, 9.17) is 11.6 Å². The van der Waals surface area contributed by atoms with E-state index in [1.807, 2.05) is 18.2 Å². The molecule has 0 saturated carbocycles. The Balaban J connectivity index is 1.21. The van der Waals surface area contributed by atoms with Gasteiger partial charge in [0.2, 0.25) is 5.91 Å². The van der Waals surface area contributed by atoms with Crippen LogP contribution >= 0.6 is 11.6 Å². The third-order valence-corrected chi connectivity index (χ3v) is 6.40. The molecule has 4 nitrogen and oxygen atoms in total. The van der Waals surface area contributed by atoms with E-state index in [1.54, 1.807) is 0 Å². The van der Waals surface area contributed by atoms with Crippen molar-refractivity contribution in [3.63, 3.8) is 0 Å². The first-order valence-corrected chi connectivity index (χ1v) is 11.1. The number of benzene rings is 2. The summed E-state index contributed by atoms with van der Waals surface area (Å²) in [5.74, 6) is 0.554. The lowest BCUT2D eigenvalue weighted by atomic mass is 9.94. The first-order chi connectivity index (χ1) is 14.2. The number of carbonyl (C=O) groups excluding carboxylic acids is 1. The molecule has 0 atom stereocenters. The minimum atomic E-state index is 0.186. The molecule has 1 amide bonds. The van der Waals surface area contributed by atoms with Gasteiger partial charge in [0.1, 0.15) is 0 Å². The van der Waals surface area contributed by atoms with Crippen LogP contribution in [0.4, 0.5) is 0 Å². The molecule has 0 radical (unpaired) electrons. The van der Waals surface area contributed by atoms with Gasteiger partial charge in [0.15, 0.2) is 0 Å². The zero-order chi connectivity index (χ0) is 20.1. The van der Waals surface area contributed by atoms with E-state index >= 15 is 0 Å². The maximum Gasteiger partial charge on any atom is 0.225 e. The largest absolute Gasteiger partial charge is 0.340 e. The van der Waals surface area contributed by atoms with Crippen LogP contribution in [0.15, 0.2) is 54.6 Å². The molecule has 4 rings (SSSR count). The van der Waals surface area contributed by atoms with Crippen LogP contribution in [-0.2, 0) is 17.9 Å². The maximum atomic E-state index is 13.0. The van der Waals surface area contributed by atoms with Crippen LogP contribution in [0.1, 0.15) is 24.0 Å². The summed E-state index contributed by atoms with van der Waals surface area (Å²) in [7, 11) is 0. The van der Waals surface area contributed by atoms with E-state index in [0.29, 0.717) is 5.91 Å². The number of piperazine rings is 1. The fourth-order valence-electron chi connectivity index (χ4n) is 4.46. The zero-order valence-electron chi connectivity index (χ0n) is 17.0. The van der Waals surface area contributed by atoms with Crippen molar-refractivity contribution in [2.45, 2.75) is 25.9 Å². The van der Waals surface area contributed by atoms with Crippen molar-refractivity contribution >= 4 is 17.5 Å². The summed E-state index contributed by atoms with van der Waals surface area (Å²) in [5, 5.41) is 0.791. The van der Waals surface area contributed by atoms with Gasteiger partial charge in [-0.05, 0) is 49.2 Å². The molecule has 2 aliphatic heterocycles. The molecule has 0 unspecified atom stereocenters. The predicted molar refractivity (Wildman–Crippen MR) is 118 cm³/mol. The molecule has 0 aliphatic carbocycles. The van der Waals surface area contributed by atoms with Gasteiger partial charge in [-0.2, -0.15) is 0 Å². The molecular formula is C24H30ClN3O. The Morgan fingerprint density at radius 1 is 0.793 bits per heavy atom. The maximum absolute atomic E-state index is 13.0. The van der Waals surface area contributed by atoms with E-state index in [0.717, 1.165) is 70.2 Å². The Bertz CT molecular complexity index is 797. The summed E-state index contributed by atoms with van der Waals surface area (Å²) in [6.45, 7) is 7.50. The lowest BCUT2D eigenvalue weighted by molar-refractivity contribution is -0.139. The Hall–Kier alpha value is -1.88. The lowest BCUT2D eigenvalue weighted by Gasteiger charge is -2.38. The van der Waals surface area contributed by atoms with Crippen LogP contribution in [0.25, 0.3) is 0 Å². The normalized spacial score (nSPS) is 19.4. The average molecular weight is 412 g/mol. The highest BCUT2D eigenvalue weighted by atomic mass is 35.5. The highest BCUT2D eigenvalue weighted by Crippen LogP contribution is 2.23. The fourth-order valence-corrected chi connectivity index (χ4v) is 4.67. The number of rotatable bonds is 5. The highest BCUT2D eigenvalue weighted by Gasteiger charge is 2.30. The molecule has 154 valence electrons. The molecule has 2 aromatic rings. The van der Waals surface area contributed by atoms with Gasteiger partial charge in [-0.1, -0.05) is 54.1 Å². The first kappa shape index (κ1) is 20.4. The molecule has 5 heteroatoms. The van der Waals surface area contributed by atoms with Crippen molar-refractivity contribution < 1.29 is 4.79 Å². The Morgan fingerprint density at radius 2 is 1.41 bits per heavy atom. The number of carbonyl (C=O) groups is 1. The van der Waals surface area contributed by atoms with Crippen molar-refractivity contribution in [3.05, 3.63) is 70.7 Å². The lowest BCUT2D eigenvalue weighted by Crippen LogP contribution is -2.51. The van der Waals surface area contributed by atoms with Crippen molar-refractivity contribution in [2.24, 2.45) is 5.92 Å². The van der Waals surface area contributed by atoms with Crippen LogP contribution in [-0.4, -0.2) is 59.9 Å². The first-order valence-electron chi connectivity index (χ1n) is 10.7. The van der Waals surface area contributed by atoms with Gasteiger partial charge in [0.05, 0.1) is 0 Å². The van der Waals surface area contributed by atoms with Crippen LogP contribution in [0, 0.1) is 5.92 Å². The van der Waals surface area contributed by atoms with Crippen molar-refractivity contribution in [3.8, 4) is 0 Å². The quantitative estimate of drug-likeness (QED) is 0.746. The molecule has 0 bridgehead atoms. The smallest absolute Gasteiger partial charge is 0.225 e. The second-order valence-electron chi connectivity index (χ2n) is 8.27. The Kier molecular flexibility index (Phi) is 6.86.